The second-order valence-corrected chi connectivity index (χ2v) is 4.62. The SMILES string of the molecule is O=[N+]([O-])c1ccc(-c2ccc(N=Cc3ccco3)cc2)cc1. The first kappa shape index (κ1) is 13.8. The van der Waals surface area contributed by atoms with Crippen LogP contribution in [0.2, 0.25) is 0 Å². The minimum atomic E-state index is -0.407. The lowest BCUT2D eigenvalue weighted by atomic mass is 10.1. The summed E-state index contributed by atoms with van der Waals surface area (Å²) < 4.78 is 5.17. The number of furan rings is 1. The zero-order valence-electron chi connectivity index (χ0n) is 11.5. The van der Waals surface area contributed by atoms with Gasteiger partial charge in [0, 0.05) is 12.1 Å². The molecule has 5 heteroatoms. The number of hydrogen-bond acceptors (Lipinski definition) is 4. The first-order valence-electron chi connectivity index (χ1n) is 6.65. The second-order valence-electron chi connectivity index (χ2n) is 4.62. The van der Waals surface area contributed by atoms with E-state index >= 15 is 0 Å². The summed E-state index contributed by atoms with van der Waals surface area (Å²) in [7, 11) is 0. The molecule has 108 valence electrons. The van der Waals surface area contributed by atoms with Crippen LogP contribution in [0.3, 0.4) is 0 Å². The monoisotopic (exact) mass is 292 g/mol. The molecule has 0 saturated carbocycles. The van der Waals surface area contributed by atoms with Crippen LogP contribution in [-0.2, 0) is 0 Å². The number of benzene rings is 2. The van der Waals surface area contributed by atoms with Crippen molar-refractivity contribution in [1.29, 1.82) is 0 Å². The van der Waals surface area contributed by atoms with E-state index in [-0.39, 0.29) is 5.69 Å². The summed E-state index contributed by atoms with van der Waals surface area (Å²) in [4.78, 5) is 14.6. The highest BCUT2D eigenvalue weighted by molar-refractivity contribution is 5.78. The smallest absolute Gasteiger partial charge is 0.269 e. The lowest BCUT2D eigenvalue weighted by molar-refractivity contribution is -0.384. The molecule has 0 spiro atoms. The Hall–Kier alpha value is -3.21. The highest BCUT2D eigenvalue weighted by atomic mass is 16.6. The minimum absolute atomic E-state index is 0.0865. The minimum Gasteiger partial charge on any atom is -0.463 e. The third-order valence-corrected chi connectivity index (χ3v) is 3.16. The number of rotatable bonds is 4. The fraction of sp³-hybridized carbons (Fsp3) is 0. The molecule has 1 aromatic heterocycles. The van der Waals surface area contributed by atoms with Crippen molar-refractivity contribution >= 4 is 17.6 Å². The first-order valence-corrected chi connectivity index (χ1v) is 6.65. The molecule has 3 rings (SSSR count). The summed E-state index contributed by atoms with van der Waals surface area (Å²) in [6, 6.07) is 17.7. The summed E-state index contributed by atoms with van der Waals surface area (Å²) in [5.74, 6) is 0.694. The molecule has 0 atom stereocenters. The van der Waals surface area contributed by atoms with E-state index in [4.69, 9.17) is 4.42 Å². The van der Waals surface area contributed by atoms with E-state index in [9.17, 15) is 10.1 Å². The van der Waals surface area contributed by atoms with Crippen molar-refractivity contribution in [3.05, 3.63) is 82.8 Å². The van der Waals surface area contributed by atoms with Gasteiger partial charge in [-0.25, -0.2) is 0 Å². The van der Waals surface area contributed by atoms with Crippen molar-refractivity contribution in [3.63, 3.8) is 0 Å². The Morgan fingerprint density at radius 3 is 2.14 bits per heavy atom. The molecule has 0 saturated heterocycles. The van der Waals surface area contributed by atoms with Crippen LogP contribution in [0.1, 0.15) is 5.76 Å². The maximum atomic E-state index is 10.6. The molecule has 2 aromatic carbocycles. The van der Waals surface area contributed by atoms with E-state index in [1.807, 2.05) is 30.3 Å². The van der Waals surface area contributed by atoms with Crippen LogP contribution in [0.15, 0.2) is 76.3 Å². The molecular weight excluding hydrogens is 280 g/mol. The van der Waals surface area contributed by atoms with Crippen LogP contribution >= 0.6 is 0 Å². The molecule has 3 aromatic rings. The topological polar surface area (TPSA) is 68.6 Å². The highest BCUT2D eigenvalue weighted by Gasteiger charge is 2.05. The van der Waals surface area contributed by atoms with Gasteiger partial charge in [-0.2, -0.15) is 0 Å². The normalized spacial score (nSPS) is 10.9. The van der Waals surface area contributed by atoms with Crippen molar-refractivity contribution in [2.75, 3.05) is 0 Å². The molecule has 0 radical (unpaired) electrons. The largest absolute Gasteiger partial charge is 0.463 e. The van der Waals surface area contributed by atoms with Gasteiger partial charge in [0.05, 0.1) is 23.1 Å². The predicted octanol–water partition coefficient (Wildman–Crippen LogP) is 4.61. The van der Waals surface area contributed by atoms with Gasteiger partial charge >= 0.3 is 0 Å². The molecule has 0 bridgehead atoms. The van der Waals surface area contributed by atoms with Crippen molar-refractivity contribution in [2.24, 2.45) is 4.99 Å². The Bertz CT molecular complexity index is 789. The number of nitrogens with zero attached hydrogens (tertiary/aromatic N) is 2. The molecule has 0 aliphatic rings. The van der Waals surface area contributed by atoms with Crippen LogP contribution < -0.4 is 0 Å². The average Bonchev–Trinajstić information content (AvgIpc) is 3.07. The predicted molar refractivity (Wildman–Crippen MR) is 84.5 cm³/mol. The van der Waals surface area contributed by atoms with Gasteiger partial charge in [0.1, 0.15) is 5.76 Å². The summed E-state index contributed by atoms with van der Waals surface area (Å²) in [6.45, 7) is 0. The van der Waals surface area contributed by atoms with E-state index in [1.54, 1.807) is 30.7 Å². The van der Waals surface area contributed by atoms with Gasteiger partial charge in [-0.3, -0.25) is 15.1 Å². The molecule has 0 unspecified atom stereocenters. The molecule has 5 nitrogen and oxygen atoms in total. The number of nitro groups is 1. The molecule has 0 amide bonds. The highest BCUT2D eigenvalue weighted by Crippen LogP contribution is 2.24. The molecule has 0 N–H and O–H groups in total. The molecule has 0 aliphatic heterocycles. The third kappa shape index (κ3) is 3.09. The fourth-order valence-electron chi connectivity index (χ4n) is 2.02. The van der Waals surface area contributed by atoms with E-state index in [1.165, 1.54) is 12.1 Å². The number of non-ortho nitro benzene ring substituents is 1. The van der Waals surface area contributed by atoms with E-state index < -0.39 is 4.92 Å². The summed E-state index contributed by atoms with van der Waals surface area (Å²) in [6.07, 6.45) is 3.25. The summed E-state index contributed by atoms with van der Waals surface area (Å²) >= 11 is 0. The maximum Gasteiger partial charge on any atom is 0.269 e. The molecule has 22 heavy (non-hydrogen) atoms. The number of nitro benzene ring substituents is 1. The molecule has 0 aliphatic carbocycles. The van der Waals surface area contributed by atoms with Gasteiger partial charge in [-0.15, -0.1) is 0 Å². The van der Waals surface area contributed by atoms with Gasteiger partial charge < -0.3 is 4.42 Å². The second kappa shape index (κ2) is 6.05. The number of aliphatic imine (C=N–C) groups is 1. The molecule has 1 heterocycles. The Morgan fingerprint density at radius 1 is 0.955 bits per heavy atom. The van der Waals surface area contributed by atoms with E-state index in [2.05, 4.69) is 4.99 Å². The standard InChI is InChI=1S/C17H12N2O3/c20-19(21)16-9-5-14(6-10-16)13-3-7-15(8-4-13)18-12-17-2-1-11-22-17/h1-12H. The Morgan fingerprint density at radius 2 is 1.59 bits per heavy atom. The van der Waals surface area contributed by atoms with Crippen LogP contribution in [-0.4, -0.2) is 11.1 Å². The van der Waals surface area contributed by atoms with Crippen molar-refractivity contribution in [3.8, 4) is 11.1 Å². The van der Waals surface area contributed by atoms with Gasteiger partial charge in [-0.1, -0.05) is 12.1 Å². The quantitative estimate of drug-likeness (QED) is 0.400. The van der Waals surface area contributed by atoms with E-state index in [0.29, 0.717) is 5.76 Å². The van der Waals surface area contributed by atoms with Crippen LogP contribution in [0.25, 0.3) is 11.1 Å². The lowest BCUT2D eigenvalue weighted by Crippen LogP contribution is -1.87. The maximum absolute atomic E-state index is 10.6. The Balaban J connectivity index is 1.77. The summed E-state index contributed by atoms with van der Waals surface area (Å²) in [5, 5.41) is 10.6. The van der Waals surface area contributed by atoms with Crippen molar-refractivity contribution < 1.29 is 9.34 Å². The Kier molecular flexibility index (Phi) is 3.78. The Labute approximate surface area is 126 Å². The van der Waals surface area contributed by atoms with Gasteiger partial charge in [0.25, 0.3) is 5.69 Å². The fourth-order valence-corrected chi connectivity index (χ4v) is 2.02. The number of hydrogen-bond donors (Lipinski definition) is 0. The summed E-state index contributed by atoms with van der Waals surface area (Å²) in [5.41, 5.74) is 2.80. The van der Waals surface area contributed by atoms with Gasteiger partial charge in [0.2, 0.25) is 0 Å². The first-order chi connectivity index (χ1) is 10.7. The van der Waals surface area contributed by atoms with Crippen LogP contribution in [0.5, 0.6) is 0 Å². The van der Waals surface area contributed by atoms with E-state index in [0.717, 1.165) is 16.8 Å². The third-order valence-electron chi connectivity index (χ3n) is 3.16. The van der Waals surface area contributed by atoms with Gasteiger partial charge in [-0.05, 0) is 47.5 Å². The van der Waals surface area contributed by atoms with Crippen LogP contribution in [0.4, 0.5) is 11.4 Å². The van der Waals surface area contributed by atoms with Crippen LogP contribution in [0, 0.1) is 10.1 Å². The zero-order valence-corrected chi connectivity index (χ0v) is 11.5. The molecular formula is C17H12N2O3. The average molecular weight is 292 g/mol. The van der Waals surface area contributed by atoms with Crippen molar-refractivity contribution in [2.45, 2.75) is 0 Å². The van der Waals surface area contributed by atoms with Crippen molar-refractivity contribution in [1.82, 2.24) is 0 Å². The zero-order chi connectivity index (χ0) is 15.4. The lowest BCUT2D eigenvalue weighted by Gasteiger charge is -2.02. The molecule has 0 fully saturated rings. The van der Waals surface area contributed by atoms with Gasteiger partial charge in [0.15, 0.2) is 0 Å².